The van der Waals surface area contributed by atoms with Gasteiger partial charge in [-0.2, -0.15) is 0 Å². The molecule has 0 aromatic heterocycles. The summed E-state index contributed by atoms with van der Waals surface area (Å²) in [4.78, 5) is 0. The molecule has 0 aliphatic rings. The Hall–Kier alpha value is -2.16. The number of hydrogen-bond donors (Lipinski definition) is 2. The molecule has 3 nitrogen and oxygen atoms in total. The molecule has 0 amide bonds. The predicted octanol–water partition coefficient (Wildman–Crippen LogP) is 3.46. The van der Waals surface area contributed by atoms with Crippen LogP contribution >= 0.6 is 0 Å². The number of ether oxygens (including phenoxy) is 1. The summed E-state index contributed by atoms with van der Waals surface area (Å²) in [5.74, 6) is 0.919. The van der Waals surface area contributed by atoms with Crippen LogP contribution in [-0.2, 0) is 0 Å². The van der Waals surface area contributed by atoms with Crippen molar-refractivity contribution in [1.82, 2.24) is 0 Å². The minimum Gasteiger partial charge on any atom is -0.494 e. The molecule has 19 heavy (non-hydrogen) atoms. The first-order valence-electron chi connectivity index (χ1n) is 6.53. The quantitative estimate of drug-likeness (QED) is 0.614. The number of nitrogens with two attached hydrogens (primary N) is 1. The molecular formula is C16H20N2O. The smallest absolute Gasteiger partial charge is 0.119 e. The molecule has 0 saturated heterocycles. The normalized spacial score (nSPS) is 10.2. The van der Waals surface area contributed by atoms with E-state index < -0.39 is 0 Å². The minimum absolute atomic E-state index is 0.707. The highest BCUT2D eigenvalue weighted by molar-refractivity contribution is 5.59. The lowest BCUT2D eigenvalue weighted by Gasteiger charge is -2.11. The Kier molecular flexibility index (Phi) is 4.67. The average Bonchev–Trinajstić information content (AvgIpc) is 2.43. The molecule has 0 heterocycles. The highest BCUT2D eigenvalue weighted by atomic mass is 16.5. The molecule has 0 spiro atoms. The van der Waals surface area contributed by atoms with Crippen molar-refractivity contribution in [2.75, 3.05) is 24.2 Å². The third-order valence-corrected chi connectivity index (χ3v) is 2.91. The molecule has 3 heteroatoms. The van der Waals surface area contributed by atoms with Gasteiger partial charge in [0.1, 0.15) is 5.75 Å². The average molecular weight is 256 g/mol. The van der Waals surface area contributed by atoms with Gasteiger partial charge < -0.3 is 15.8 Å². The van der Waals surface area contributed by atoms with Crippen molar-refractivity contribution in [1.29, 1.82) is 0 Å². The van der Waals surface area contributed by atoms with Gasteiger partial charge in [-0.05, 0) is 43.2 Å². The van der Waals surface area contributed by atoms with E-state index in [1.807, 2.05) is 48.5 Å². The van der Waals surface area contributed by atoms with E-state index in [4.69, 9.17) is 10.5 Å². The summed E-state index contributed by atoms with van der Waals surface area (Å²) >= 11 is 0. The second-order valence-corrected chi connectivity index (χ2v) is 4.52. The van der Waals surface area contributed by atoms with Gasteiger partial charge >= 0.3 is 0 Å². The Labute approximate surface area is 114 Å². The van der Waals surface area contributed by atoms with Gasteiger partial charge in [0.2, 0.25) is 0 Å². The molecular weight excluding hydrogens is 236 g/mol. The third-order valence-electron chi connectivity index (χ3n) is 2.91. The first-order chi connectivity index (χ1) is 9.25. The minimum atomic E-state index is 0.707. The molecule has 0 unspecified atom stereocenters. The summed E-state index contributed by atoms with van der Waals surface area (Å²) < 4.78 is 5.63. The summed E-state index contributed by atoms with van der Waals surface area (Å²) in [5, 5.41) is 3.38. The topological polar surface area (TPSA) is 47.3 Å². The molecule has 100 valence electrons. The number of rotatable bonds is 6. The summed E-state index contributed by atoms with van der Waals surface area (Å²) in [7, 11) is 0. The first kappa shape index (κ1) is 13.3. The van der Waals surface area contributed by atoms with E-state index in [1.165, 1.54) is 5.56 Å². The molecule has 0 bridgehead atoms. The molecule has 0 saturated carbocycles. The van der Waals surface area contributed by atoms with Crippen molar-refractivity contribution in [2.24, 2.45) is 0 Å². The Morgan fingerprint density at radius 3 is 2.68 bits per heavy atom. The molecule has 0 radical (unpaired) electrons. The third kappa shape index (κ3) is 4.21. The van der Waals surface area contributed by atoms with E-state index in [0.29, 0.717) is 6.61 Å². The van der Waals surface area contributed by atoms with Gasteiger partial charge in [-0.25, -0.2) is 0 Å². The highest BCUT2D eigenvalue weighted by Gasteiger charge is 1.98. The van der Waals surface area contributed by atoms with E-state index >= 15 is 0 Å². The largest absolute Gasteiger partial charge is 0.494 e. The van der Waals surface area contributed by atoms with Gasteiger partial charge in [0, 0.05) is 17.9 Å². The maximum absolute atomic E-state index is 5.77. The van der Waals surface area contributed by atoms with Crippen LogP contribution in [0.4, 0.5) is 11.4 Å². The van der Waals surface area contributed by atoms with Crippen LogP contribution in [0.1, 0.15) is 12.0 Å². The Morgan fingerprint density at radius 1 is 1.11 bits per heavy atom. The first-order valence-corrected chi connectivity index (χ1v) is 6.53. The van der Waals surface area contributed by atoms with E-state index in [1.54, 1.807) is 0 Å². The zero-order valence-electron chi connectivity index (χ0n) is 11.2. The second-order valence-electron chi connectivity index (χ2n) is 4.52. The Morgan fingerprint density at radius 2 is 1.89 bits per heavy atom. The predicted molar refractivity (Wildman–Crippen MR) is 80.6 cm³/mol. The van der Waals surface area contributed by atoms with Crippen molar-refractivity contribution in [3.05, 3.63) is 54.1 Å². The fourth-order valence-electron chi connectivity index (χ4n) is 1.83. The van der Waals surface area contributed by atoms with Crippen molar-refractivity contribution >= 4 is 11.4 Å². The summed E-state index contributed by atoms with van der Waals surface area (Å²) in [6.07, 6.45) is 0.948. The monoisotopic (exact) mass is 256 g/mol. The van der Waals surface area contributed by atoms with Crippen LogP contribution in [0.2, 0.25) is 0 Å². The van der Waals surface area contributed by atoms with Crippen LogP contribution in [-0.4, -0.2) is 13.2 Å². The molecule has 2 aromatic rings. The number of benzene rings is 2. The lowest BCUT2D eigenvalue weighted by atomic mass is 10.2. The summed E-state index contributed by atoms with van der Waals surface area (Å²) in [6.45, 7) is 3.65. The van der Waals surface area contributed by atoms with E-state index in [-0.39, 0.29) is 0 Å². The van der Waals surface area contributed by atoms with Gasteiger partial charge in [-0.3, -0.25) is 0 Å². The number of anilines is 2. The molecule has 0 fully saturated rings. The van der Waals surface area contributed by atoms with Crippen LogP contribution < -0.4 is 15.8 Å². The lowest BCUT2D eigenvalue weighted by Crippen LogP contribution is -2.08. The van der Waals surface area contributed by atoms with Crippen molar-refractivity contribution < 1.29 is 4.74 Å². The maximum atomic E-state index is 5.77. The number of para-hydroxylation sites is 1. The molecule has 3 N–H and O–H groups in total. The number of nitrogen functional groups attached to an aromatic ring is 1. The fraction of sp³-hybridized carbons (Fsp3) is 0.250. The SMILES string of the molecule is Cc1ccc(N)cc1NCCCOc1ccccc1. The standard InChI is InChI=1S/C16H20N2O/c1-13-8-9-14(17)12-16(13)18-10-5-11-19-15-6-3-2-4-7-15/h2-4,6-9,12,18H,5,10-11,17H2,1H3. The second kappa shape index (κ2) is 6.69. The van der Waals surface area contributed by atoms with Gasteiger partial charge in [-0.1, -0.05) is 24.3 Å². The Balaban J connectivity index is 1.71. The highest BCUT2D eigenvalue weighted by Crippen LogP contribution is 2.17. The van der Waals surface area contributed by atoms with Gasteiger partial charge in [0.05, 0.1) is 6.61 Å². The zero-order valence-corrected chi connectivity index (χ0v) is 11.2. The van der Waals surface area contributed by atoms with Crippen LogP contribution in [0, 0.1) is 6.92 Å². The molecule has 0 atom stereocenters. The molecule has 2 aromatic carbocycles. The maximum Gasteiger partial charge on any atom is 0.119 e. The van der Waals surface area contributed by atoms with Crippen molar-refractivity contribution in [2.45, 2.75) is 13.3 Å². The number of aryl methyl sites for hydroxylation is 1. The number of nitrogens with one attached hydrogen (secondary N) is 1. The summed E-state index contributed by atoms with van der Waals surface area (Å²) in [6, 6.07) is 15.8. The van der Waals surface area contributed by atoms with Crippen LogP contribution in [0.3, 0.4) is 0 Å². The molecule has 0 aliphatic heterocycles. The fourth-order valence-corrected chi connectivity index (χ4v) is 1.83. The Bertz CT molecular complexity index is 511. The van der Waals surface area contributed by atoms with Crippen LogP contribution in [0.25, 0.3) is 0 Å². The summed E-state index contributed by atoms with van der Waals surface area (Å²) in [5.41, 5.74) is 8.86. The van der Waals surface area contributed by atoms with Gasteiger partial charge in [0.25, 0.3) is 0 Å². The van der Waals surface area contributed by atoms with Gasteiger partial charge in [-0.15, -0.1) is 0 Å². The van der Waals surface area contributed by atoms with Crippen molar-refractivity contribution in [3.63, 3.8) is 0 Å². The number of hydrogen-bond acceptors (Lipinski definition) is 3. The van der Waals surface area contributed by atoms with E-state index in [0.717, 1.165) is 30.1 Å². The molecule has 0 aliphatic carbocycles. The van der Waals surface area contributed by atoms with E-state index in [2.05, 4.69) is 12.2 Å². The van der Waals surface area contributed by atoms with E-state index in [9.17, 15) is 0 Å². The van der Waals surface area contributed by atoms with Crippen LogP contribution in [0.15, 0.2) is 48.5 Å². The van der Waals surface area contributed by atoms with Crippen molar-refractivity contribution in [3.8, 4) is 5.75 Å². The van der Waals surface area contributed by atoms with Gasteiger partial charge in [0.15, 0.2) is 0 Å². The molecule has 2 rings (SSSR count). The lowest BCUT2D eigenvalue weighted by molar-refractivity contribution is 0.315. The zero-order chi connectivity index (χ0) is 13.5. The van der Waals surface area contributed by atoms with Crippen LogP contribution in [0.5, 0.6) is 5.75 Å².